The zero-order valence-corrected chi connectivity index (χ0v) is 8.43. The van der Waals surface area contributed by atoms with Crippen LogP contribution in [0.25, 0.3) is 0 Å². The first-order valence-corrected chi connectivity index (χ1v) is 5.60. The van der Waals surface area contributed by atoms with Crippen LogP contribution in [0.3, 0.4) is 0 Å². The topological polar surface area (TPSA) is 9.23 Å². The normalized spacial score (nSPS) is 27.4. The molecular weight excluding hydrogens is 180 g/mol. The van der Waals surface area contributed by atoms with Crippen LogP contribution in [0.5, 0.6) is 0 Å². The fourth-order valence-electron chi connectivity index (χ4n) is 1.47. The van der Waals surface area contributed by atoms with Gasteiger partial charge in [-0.25, -0.2) is 0 Å². The van der Waals surface area contributed by atoms with Crippen LogP contribution in [-0.4, -0.2) is 18.5 Å². The van der Waals surface area contributed by atoms with E-state index in [1.807, 2.05) is 11.8 Å². The fourth-order valence-corrected chi connectivity index (χ4v) is 2.62. The molecule has 0 amide bonds. The first-order valence-electron chi connectivity index (χ1n) is 4.72. The van der Waals surface area contributed by atoms with Crippen molar-refractivity contribution in [2.24, 2.45) is 0 Å². The van der Waals surface area contributed by atoms with Gasteiger partial charge in [0.1, 0.15) is 0 Å². The number of hydrogen-bond acceptors (Lipinski definition) is 2. The molecule has 0 aromatic heterocycles. The molecular formula is C11H14OS. The summed E-state index contributed by atoms with van der Waals surface area (Å²) in [5.41, 5.74) is 0. The Kier molecular flexibility index (Phi) is 3.27. The van der Waals surface area contributed by atoms with Gasteiger partial charge in [0.2, 0.25) is 0 Å². The molecule has 1 nitrogen and oxygen atoms in total. The third-order valence-electron chi connectivity index (χ3n) is 2.17. The van der Waals surface area contributed by atoms with Crippen molar-refractivity contribution in [2.75, 3.05) is 13.2 Å². The molecule has 0 N–H and O–H groups in total. The van der Waals surface area contributed by atoms with Gasteiger partial charge in [-0.1, -0.05) is 30.4 Å². The molecule has 13 heavy (non-hydrogen) atoms. The molecule has 1 heterocycles. The van der Waals surface area contributed by atoms with E-state index < -0.39 is 0 Å². The molecule has 2 aliphatic rings. The van der Waals surface area contributed by atoms with Crippen LogP contribution in [0.2, 0.25) is 0 Å². The third-order valence-corrected chi connectivity index (χ3v) is 3.48. The van der Waals surface area contributed by atoms with E-state index in [-0.39, 0.29) is 0 Å². The lowest BCUT2D eigenvalue weighted by Gasteiger charge is -2.08. The number of ether oxygens (including phenoxy) is 1. The van der Waals surface area contributed by atoms with E-state index in [1.165, 1.54) is 11.3 Å². The maximum atomic E-state index is 5.35. The van der Waals surface area contributed by atoms with Crippen molar-refractivity contribution < 1.29 is 4.74 Å². The van der Waals surface area contributed by atoms with Gasteiger partial charge in [-0.2, -0.15) is 0 Å². The average molecular weight is 194 g/mol. The lowest BCUT2D eigenvalue weighted by atomic mass is 10.4. The van der Waals surface area contributed by atoms with E-state index >= 15 is 0 Å². The second-order valence-corrected chi connectivity index (χ2v) is 4.68. The number of rotatable bonds is 2. The van der Waals surface area contributed by atoms with Crippen LogP contribution in [0.4, 0.5) is 0 Å². The molecule has 2 heteroatoms. The van der Waals surface area contributed by atoms with Crippen LogP contribution in [0, 0.1) is 0 Å². The third kappa shape index (κ3) is 2.75. The molecule has 1 saturated heterocycles. The van der Waals surface area contributed by atoms with Gasteiger partial charge < -0.3 is 4.74 Å². The Morgan fingerprint density at radius 3 is 3.15 bits per heavy atom. The van der Waals surface area contributed by atoms with Crippen molar-refractivity contribution in [1.29, 1.82) is 0 Å². The largest absolute Gasteiger partial charge is 0.380 e. The summed E-state index contributed by atoms with van der Waals surface area (Å²) in [6.45, 7) is 1.87. The second kappa shape index (κ2) is 4.68. The quantitative estimate of drug-likeness (QED) is 0.668. The van der Waals surface area contributed by atoms with Gasteiger partial charge >= 0.3 is 0 Å². The zero-order chi connectivity index (χ0) is 8.93. The van der Waals surface area contributed by atoms with Crippen LogP contribution in [0.1, 0.15) is 12.8 Å². The van der Waals surface area contributed by atoms with Gasteiger partial charge in [-0.15, -0.1) is 11.8 Å². The van der Waals surface area contributed by atoms with E-state index in [4.69, 9.17) is 4.74 Å². The predicted molar refractivity (Wildman–Crippen MR) is 57.8 cm³/mol. The molecule has 1 atom stereocenters. The molecule has 0 bridgehead atoms. The molecule has 1 aliphatic carbocycles. The van der Waals surface area contributed by atoms with Gasteiger partial charge in [-0.3, -0.25) is 0 Å². The van der Waals surface area contributed by atoms with Crippen molar-refractivity contribution in [3.8, 4) is 0 Å². The van der Waals surface area contributed by atoms with E-state index in [1.54, 1.807) is 0 Å². The Bertz CT molecular complexity index is 247. The summed E-state index contributed by atoms with van der Waals surface area (Å²) in [6, 6.07) is 0. The van der Waals surface area contributed by atoms with Crippen molar-refractivity contribution >= 4 is 11.8 Å². The average Bonchev–Trinajstić information content (AvgIpc) is 2.49. The number of hydrogen-bond donors (Lipinski definition) is 0. The Balaban J connectivity index is 1.89. The van der Waals surface area contributed by atoms with E-state index in [2.05, 4.69) is 30.4 Å². The highest BCUT2D eigenvalue weighted by Gasteiger charge is 2.17. The molecule has 0 aromatic rings. The summed E-state index contributed by atoms with van der Waals surface area (Å²) in [7, 11) is 0. The monoisotopic (exact) mass is 194 g/mol. The van der Waals surface area contributed by atoms with Crippen molar-refractivity contribution in [2.45, 2.75) is 18.1 Å². The molecule has 0 spiro atoms. The molecule has 0 aromatic carbocycles. The smallest absolute Gasteiger partial charge is 0.0589 e. The Labute approximate surface area is 83.5 Å². The lowest BCUT2D eigenvalue weighted by Crippen LogP contribution is -2.00. The minimum atomic E-state index is 0.686. The van der Waals surface area contributed by atoms with Crippen LogP contribution in [-0.2, 0) is 4.74 Å². The summed E-state index contributed by atoms with van der Waals surface area (Å²) in [5.74, 6) is 0. The molecule has 70 valence electrons. The van der Waals surface area contributed by atoms with Crippen molar-refractivity contribution in [3.63, 3.8) is 0 Å². The molecule has 0 saturated carbocycles. The Hall–Kier alpha value is -0.470. The lowest BCUT2D eigenvalue weighted by molar-refractivity contribution is 0.199. The van der Waals surface area contributed by atoms with E-state index in [0.717, 1.165) is 19.6 Å². The SMILES string of the molecule is C1=CC=C(SC2CCOC2)CC=C1. The van der Waals surface area contributed by atoms with Gasteiger partial charge in [0.15, 0.2) is 0 Å². The van der Waals surface area contributed by atoms with Gasteiger partial charge in [-0.05, 0) is 17.7 Å². The molecule has 1 aliphatic heterocycles. The maximum absolute atomic E-state index is 5.35. The van der Waals surface area contributed by atoms with E-state index in [9.17, 15) is 0 Å². The number of allylic oxidation sites excluding steroid dienone is 6. The number of thioether (sulfide) groups is 1. The standard InChI is InChI=1S/C11H14OS/c1-2-4-6-10(5-3-1)13-11-7-8-12-9-11/h1-5,11H,6-9H2. The maximum Gasteiger partial charge on any atom is 0.0589 e. The molecule has 0 radical (unpaired) electrons. The summed E-state index contributed by atoms with van der Waals surface area (Å²) in [5, 5.41) is 0.686. The highest BCUT2D eigenvalue weighted by Crippen LogP contribution is 2.30. The minimum Gasteiger partial charge on any atom is -0.380 e. The van der Waals surface area contributed by atoms with Gasteiger partial charge in [0.05, 0.1) is 6.61 Å². The molecule has 1 unspecified atom stereocenters. The predicted octanol–water partition coefficient (Wildman–Crippen LogP) is 2.91. The van der Waals surface area contributed by atoms with E-state index in [0.29, 0.717) is 5.25 Å². The van der Waals surface area contributed by atoms with Crippen molar-refractivity contribution in [1.82, 2.24) is 0 Å². The minimum absolute atomic E-state index is 0.686. The Morgan fingerprint density at radius 1 is 1.31 bits per heavy atom. The first kappa shape index (κ1) is 9.10. The van der Waals surface area contributed by atoms with Crippen LogP contribution < -0.4 is 0 Å². The van der Waals surface area contributed by atoms with Crippen LogP contribution in [0.15, 0.2) is 35.3 Å². The first-order chi connectivity index (χ1) is 6.45. The highest BCUT2D eigenvalue weighted by molar-refractivity contribution is 8.03. The molecule has 2 rings (SSSR count). The van der Waals surface area contributed by atoms with Gasteiger partial charge in [0.25, 0.3) is 0 Å². The fraction of sp³-hybridized carbons (Fsp3) is 0.455. The summed E-state index contributed by atoms with van der Waals surface area (Å²) < 4.78 is 5.35. The summed E-state index contributed by atoms with van der Waals surface area (Å²) >= 11 is 1.98. The van der Waals surface area contributed by atoms with Crippen molar-refractivity contribution in [3.05, 3.63) is 35.3 Å². The Morgan fingerprint density at radius 2 is 2.31 bits per heavy atom. The highest BCUT2D eigenvalue weighted by atomic mass is 32.2. The second-order valence-electron chi connectivity index (χ2n) is 3.25. The molecule has 1 fully saturated rings. The summed E-state index contributed by atoms with van der Waals surface area (Å²) in [6.07, 6.45) is 13.0. The summed E-state index contributed by atoms with van der Waals surface area (Å²) in [4.78, 5) is 1.46. The zero-order valence-electron chi connectivity index (χ0n) is 7.61. The van der Waals surface area contributed by atoms with Crippen LogP contribution >= 0.6 is 11.8 Å². The van der Waals surface area contributed by atoms with Gasteiger partial charge in [0, 0.05) is 11.9 Å².